The summed E-state index contributed by atoms with van der Waals surface area (Å²) in [6.45, 7) is 0.683. The molecule has 0 spiro atoms. The van der Waals surface area contributed by atoms with Crippen molar-refractivity contribution >= 4 is 0 Å². The lowest BCUT2D eigenvalue weighted by Gasteiger charge is -2.03. The Labute approximate surface area is 96.7 Å². The smallest absolute Gasteiger partial charge is 0.254 e. The topological polar surface area (TPSA) is 75.2 Å². The minimum Gasteiger partial charge on any atom is -0.493 e. The first-order chi connectivity index (χ1) is 8.22. The van der Waals surface area contributed by atoms with Gasteiger partial charge in [-0.1, -0.05) is 0 Å². The van der Waals surface area contributed by atoms with Gasteiger partial charge in [-0.25, -0.2) is 0 Å². The van der Waals surface area contributed by atoms with E-state index in [-0.39, 0.29) is 11.4 Å². The number of nitrogens with zero attached hydrogens (tertiary/aromatic N) is 1. The van der Waals surface area contributed by atoms with E-state index in [0.29, 0.717) is 12.4 Å². The van der Waals surface area contributed by atoms with Gasteiger partial charge in [0.15, 0.2) is 0 Å². The number of hydrogen-bond donors (Lipinski definition) is 2. The molecular weight excluding hydrogens is 220 g/mol. The van der Waals surface area contributed by atoms with Crippen LogP contribution in [0.2, 0.25) is 0 Å². The summed E-state index contributed by atoms with van der Waals surface area (Å²) in [5.74, 6) is 0.960. The van der Waals surface area contributed by atoms with Crippen molar-refractivity contribution in [3.05, 3.63) is 40.2 Å². The molecule has 2 aromatic rings. The van der Waals surface area contributed by atoms with Crippen molar-refractivity contribution in [3.63, 3.8) is 0 Å². The molecule has 3 rings (SSSR count). The lowest BCUT2D eigenvalue weighted by Crippen LogP contribution is -2.06. The number of ether oxygens (including phenoxy) is 1. The Kier molecular flexibility index (Phi) is 2.11. The molecule has 0 atom stereocenters. The summed E-state index contributed by atoms with van der Waals surface area (Å²) in [5.41, 5.74) is 1.49. The van der Waals surface area contributed by atoms with Crippen LogP contribution < -0.4 is 10.3 Å². The van der Waals surface area contributed by atoms with Gasteiger partial charge in [0.05, 0.1) is 12.7 Å². The van der Waals surface area contributed by atoms with Crippen LogP contribution in [-0.4, -0.2) is 21.7 Å². The number of nitrogens with one attached hydrogen (secondary N) is 1. The third kappa shape index (κ3) is 1.75. The summed E-state index contributed by atoms with van der Waals surface area (Å²) in [7, 11) is 0. The molecule has 2 heterocycles. The third-order valence-electron chi connectivity index (χ3n) is 2.69. The Bertz CT molecular complexity index is 634. The van der Waals surface area contributed by atoms with Gasteiger partial charge < -0.3 is 14.8 Å². The normalized spacial score (nSPS) is 13.2. The number of aromatic nitrogens is 2. The Morgan fingerprint density at radius 3 is 3.06 bits per heavy atom. The fourth-order valence-corrected chi connectivity index (χ4v) is 1.92. The largest absolute Gasteiger partial charge is 0.493 e. The highest BCUT2D eigenvalue weighted by Gasteiger charge is 2.13. The number of fused-ring (bicyclic) bond motifs is 1. The second-order valence-corrected chi connectivity index (χ2v) is 3.87. The molecule has 86 valence electrons. The fraction of sp³-hybridized carbons (Fsp3) is 0.167. The van der Waals surface area contributed by atoms with Crippen molar-refractivity contribution in [2.45, 2.75) is 6.42 Å². The molecule has 1 aliphatic rings. The molecule has 1 aromatic heterocycles. The zero-order valence-electron chi connectivity index (χ0n) is 8.93. The van der Waals surface area contributed by atoms with Gasteiger partial charge in [0.2, 0.25) is 5.88 Å². The van der Waals surface area contributed by atoms with Gasteiger partial charge >= 0.3 is 0 Å². The van der Waals surface area contributed by atoms with E-state index in [1.807, 2.05) is 18.2 Å². The number of hydrogen-bond acceptors (Lipinski definition) is 4. The SMILES string of the molecule is O=c1cc(O)nc(-c2ccc3c(c2)CCO3)[nH]1. The molecule has 2 N–H and O–H groups in total. The highest BCUT2D eigenvalue weighted by atomic mass is 16.5. The summed E-state index contributed by atoms with van der Waals surface area (Å²) >= 11 is 0. The minimum atomic E-state index is -0.371. The molecule has 5 heteroatoms. The van der Waals surface area contributed by atoms with Crippen LogP contribution in [0.4, 0.5) is 0 Å². The minimum absolute atomic E-state index is 0.277. The standard InChI is InChI=1S/C12H10N2O3/c15-10-6-11(16)14-12(13-10)8-1-2-9-7(5-8)3-4-17-9/h1-2,5-6H,3-4H2,(H2,13,14,15,16). The average molecular weight is 230 g/mol. The second kappa shape index (κ2) is 3.62. The lowest BCUT2D eigenvalue weighted by atomic mass is 10.1. The summed E-state index contributed by atoms with van der Waals surface area (Å²) in [4.78, 5) is 17.7. The van der Waals surface area contributed by atoms with E-state index in [1.54, 1.807) is 0 Å². The van der Waals surface area contributed by atoms with Crippen LogP contribution in [0.1, 0.15) is 5.56 Å². The Morgan fingerprint density at radius 1 is 1.35 bits per heavy atom. The number of H-pyrrole nitrogens is 1. The van der Waals surface area contributed by atoms with Gasteiger partial charge in [-0.2, -0.15) is 4.98 Å². The van der Waals surface area contributed by atoms with E-state index >= 15 is 0 Å². The molecule has 0 fully saturated rings. The molecule has 17 heavy (non-hydrogen) atoms. The van der Waals surface area contributed by atoms with Crippen LogP contribution in [0.3, 0.4) is 0 Å². The quantitative estimate of drug-likeness (QED) is 0.768. The van der Waals surface area contributed by atoms with E-state index < -0.39 is 0 Å². The molecule has 5 nitrogen and oxygen atoms in total. The number of aromatic amines is 1. The van der Waals surface area contributed by atoms with E-state index in [4.69, 9.17) is 4.74 Å². The molecular formula is C12H10N2O3. The molecule has 0 radical (unpaired) electrons. The van der Waals surface area contributed by atoms with Crippen LogP contribution in [0.15, 0.2) is 29.1 Å². The zero-order valence-corrected chi connectivity index (χ0v) is 8.93. The van der Waals surface area contributed by atoms with Crippen molar-refractivity contribution in [1.29, 1.82) is 0 Å². The number of aromatic hydroxyl groups is 1. The first-order valence-electron chi connectivity index (χ1n) is 5.29. The highest BCUT2D eigenvalue weighted by molar-refractivity contribution is 5.59. The Balaban J connectivity index is 2.12. The maximum atomic E-state index is 11.2. The third-order valence-corrected chi connectivity index (χ3v) is 2.69. The van der Waals surface area contributed by atoms with Crippen molar-refractivity contribution < 1.29 is 9.84 Å². The van der Waals surface area contributed by atoms with Crippen LogP contribution >= 0.6 is 0 Å². The van der Waals surface area contributed by atoms with Crippen molar-refractivity contribution in [2.24, 2.45) is 0 Å². The highest BCUT2D eigenvalue weighted by Crippen LogP contribution is 2.29. The first-order valence-corrected chi connectivity index (χ1v) is 5.29. The Hall–Kier alpha value is -2.30. The molecule has 0 aliphatic carbocycles. The van der Waals surface area contributed by atoms with Gasteiger partial charge in [0.1, 0.15) is 11.6 Å². The lowest BCUT2D eigenvalue weighted by molar-refractivity contribution is 0.357. The van der Waals surface area contributed by atoms with Gasteiger partial charge in [0.25, 0.3) is 5.56 Å². The van der Waals surface area contributed by atoms with E-state index in [0.717, 1.165) is 29.4 Å². The molecule has 0 unspecified atom stereocenters. The first kappa shape index (κ1) is 9.89. The van der Waals surface area contributed by atoms with Gasteiger partial charge in [-0.3, -0.25) is 4.79 Å². The van der Waals surface area contributed by atoms with Crippen LogP contribution in [0.5, 0.6) is 11.6 Å². The fourth-order valence-electron chi connectivity index (χ4n) is 1.92. The molecule has 0 saturated carbocycles. The molecule has 0 amide bonds. The van der Waals surface area contributed by atoms with E-state index in [9.17, 15) is 9.90 Å². The van der Waals surface area contributed by atoms with Crippen molar-refractivity contribution in [1.82, 2.24) is 9.97 Å². The molecule has 0 bridgehead atoms. The van der Waals surface area contributed by atoms with Crippen molar-refractivity contribution in [3.8, 4) is 23.0 Å². The second-order valence-electron chi connectivity index (χ2n) is 3.87. The van der Waals surface area contributed by atoms with Gasteiger partial charge in [-0.15, -0.1) is 0 Å². The van der Waals surface area contributed by atoms with E-state index in [2.05, 4.69) is 9.97 Å². The van der Waals surface area contributed by atoms with E-state index in [1.165, 1.54) is 0 Å². The number of benzene rings is 1. The zero-order chi connectivity index (χ0) is 11.8. The van der Waals surface area contributed by atoms with Crippen molar-refractivity contribution in [2.75, 3.05) is 6.61 Å². The van der Waals surface area contributed by atoms with Crippen LogP contribution in [0.25, 0.3) is 11.4 Å². The average Bonchev–Trinajstić information content (AvgIpc) is 2.74. The predicted octanol–water partition coefficient (Wildman–Crippen LogP) is 1.08. The monoisotopic (exact) mass is 230 g/mol. The summed E-state index contributed by atoms with van der Waals surface area (Å²) in [6.07, 6.45) is 0.853. The number of rotatable bonds is 1. The summed E-state index contributed by atoms with van der Waals surface area (Å²) in [5, 5.41) is 9.29. The van der Waals surface area contributed by atoms with Gasteiger partial charge in [0, 0.05) is 12.0 Å². The molecule has 1 aromatic carbocycles. The predicted molar refractivity (Wildman–Crippen MR) is 61.2 cm³/mol. The maximum absolute atomic E-state index is 11.2. The van der Waals surface area contributed by atoms with Crippen LogP contribution in [-0.2, 0) is 6.42 Å². The molecule has 0 saturated heterocycles. The summed E-state index contributed by atoms with van der Waals surface area (Å²) in [6, 6.07) is 6.61. The Morgan fingerprint density at radius 2 is 2.24 bits per heavy atom. The van der Waals surface area contributed by atoms with Gasteiger partial charge in [-0.05, 0) is 23.8 Å². The van der Waals surface area contributed by atoms with Crippen LogP contribution in [0, 0.1) is 0 Å². The summed E-state index contributed by atoms with van der Waals surface area (Å²) < 4.78 is 5.40. The maximum Gasteiger partial charge on any atom is 0.254 e. The molecule has 1 aliphatic heterocycles.